The molecule has 0 N–H and O–H groups in total. The zero-order valence-corrected chi connectivity index (χ0v) is 28.4. The Kier molecular flexibility index (Phi) is 7.10. The topological polar surface area (TPSA) is 43.6 Å². The highest BCUT2D eigenvalue weighted by atomic mass is 32.2. The molecule has 1 aliphatic heterocycles. The van der Waals surface area contributed by atoms with Gasteiger partial charge in [-0.3, -0.25) is 0 Å². The second-order valence-corrected chi connectivity index (χ2v) is 13.8. The van der Waals surface area contributed by atoms with Gasteiger partial charge in [0.15, 0.2) is 17.5 Å². The minimum Gasteiger partial charge on any atom is -0.309 e. The predicted molar refractivity (Wildman–Crippen MR) is 211 cm³/mol. The van der Waals surface area contributed by atoms with Crippen LogP contribution in [0.5, 0.6) is 0 Å². The van der Waals surface area contributed by atoms with Crippen LogP contribution in [0.15, 0.2) is 175 Å². The molecule has 0 saturated carbocycles. The number of rotatable bonds is 5. The van der Waals surface area contributed by atoms with Crippen molar-refractivity contribution < 1.29 is 0 Å². The second kappa shape index (κ2) is 12.2. The van der Waals surface area contributed by atoms with Crippen molar-refractivity contribution in [3.8, 4) is 62.1 Å². The zero-order valence-electron chi connectivity index (χ0n) is 27.6. The molecule has 0 fully saturated rings. The number of fused-ring (bicyclic) bond motifs is 6. The molecule has 2 aromatic heterocycles. The van der Waals surface area contributed by atoms with Gasteiger partial charge in [0.05, 0.1) is 11.0 Å². The minimum atomic E-state index is 0.672. The summed E-state index contributed by atoms with van der Waals surface area (Å²) < 4.78 is 2.37. The van der Waals surface area contributed by atoms with Gasteiger partial charge in [-0.2, -0.15) is 0 Å². The third-order valence-corrected chi connectivity index (χ3v) is 10.8. The monoisotopic (exact) mass is 670 g/mol. The first-order chi connectivity index (χ1) is 25.3. The molecule has 0 saturated heterocycles. The van der Waals surface area contributed by atoms with Crippen LogP contribution >= 0.6 is 11.8 Å². The van der Waals surface area contributed by atoms with Crippen LogP contribution in [0.25, 0.3) is 83.9 Å². The van der Waals surface area contributed by atoms with Crippen LogP contribution in [-0.2, 0) is 5.75 Å². The van der Waals surface area contributed by atoms with Crippen molar-refractivity contribution in [3.05, 3.63) is 175 Å². The summed E-state index contributed by atoms with van der Waals surface area (Å²) in [4.78, 5) is 16.0. The third-order valence-electron chi connectivity index (χ3n) is 9.74. The summed E-state index contributed by atoms with van der Waals surface area (Å²) >= 11 is 1.88. The fourth-order valence-electron chi connectivity index (χ4n) is 7.26. The first kappa shape index (κ1) is 29.6. The van der Waals surface area contributed by atoms with Gasteiger partial charge in [-0.05, 0) is 70.3 Å². The molecule has 51 heavy (non-hydrogen) atoms. The lowest BCUT2D eigenvalue weighted by atomic mass is 9.94. The Bertz CT molecular complexity index is 2680. The molecule has 0 amide bonds. The van der Waals surface area contributed by atoms with Crippen molar-refractivity contribution in [2.75, 3.05) is 0 Å². The van der Waals surface area contributed by atoms with Crippen molar-refractivity contribution in [3.63, 3.8) is 0 Å². The molecule has 3 heterocycles. The Balaban J connectivity index is 1.02. The molecular weight excluding hydrogens is 641 g/mol. The fourth-order valence-corrected chi connectivity index (χ4v) is 8.35. The maximum Gasteiger partial charge on any atom is 0.164 e. The molecule has 0 bridgehead atoms. The van der Waals surface area contributed by atoms with Crippen molar-refractivity contribution >= 4 is 33.6 Å². The van der Waals surface area contributed by atoms with Gasteiger partial charge in [0.1, 0.15) is 0 Å². The van der Waals surface area contributed by atoms with E-state index in [0.717, 1.165) is 22.4 Å². The van der Waals surface area contributed by atoms with E-state index in [1.807, 2.05) is 72.4 Å². The van der Waals surface area contributed by atoms with E-state index in [4.69, 9.17) is 15.0 Å². The highest BCUT2D eigenvalue weighted by Gasteiger charge is 2.20. The molecular formula is C46H30N4S. The normalized spacial score (nSPS) is 12.2. The lowest BCUT2D eigenvalue weighted by molar-refractivity contribution is 1.07. The average molecular weight is 671 g/mol. The van der Waals surface area contributed by atoms with Crippen molar-refractivity contribution in [2.45, 2.75) is 10.6 Å². The van der Waals surface area contributed by atoms with Gasteiger partial charge in [-0.1, -0.05) is 127 Å². The van der Waals surface area contributed by atoms with Crippen LogP contribution in [0.3, 0.4) is 0 Å². The lowest BCUT2D eigenvalue weighted by Crippen LogP contribution is -2.01. The molecule has 5 heteroatoms. The lowest BCUT2D eigenvalue weighted by Gasteiger charge is -2.21. The quantitative estimate of drug-likeness (QED) is 0.183. The molecule has 0 atom stereocenters. The van der Waals surface area contributed by atoms with Crippen molar-refractivity contribution in [1.82, 2.24) is 19.5 Å². The van der Waals surface area contributed by atoms with E-state index in [0.29, 0.717) is 17.5 Å². The molecule has 240 valence electrons. The second-order valence-electron chi connectivity index (χ2n) is 12.8. The van der Waals surface area contributed by atoms with E-state index < -0.39 is 0 Å². The summed E-state index contributed by atoms with van der Waals surface area (Å²) in [6, 6.07) is 60.1. The summed E-state index contributed by atoms with van der Waals surface area (Å²) in [5, 5.41) is 2.53. The molecule has 0 spiro atoms. The van der Waals surface area contributed by atoms with Gasteiger partial charge in [0.25, 0.3) is 0 Å². The highest BCUT2D eigenvalue weighted by Crippen LogP contribution is 2.45. The Morgan fingerprint density at radius 3 is 1.69 bits per heavy atom. The number of benzene rings is 7. The average Bonchev–Trinajstić information content (AvgIpc) is 3.55. The van der Waals surface area contributed by atoms with Gasteiger partial charge < -0.3 is 4.57 Å². The smallest absolute Gasteiger partial charge is 0.164 e. The summed E-state index contributed by atoms with van der Waals surface area (Å²) in [6.07, 6.45) is 0. The Labute approximate surface area is 300 Å². The van der Waals surface area contributed by atoms with E-state index in [2.05, 4.69) is 114 Å². The number of hydrogen-bond acceptors (Lipinski definition) is 4. The van der Waals surface area contributed by atoms with Crippen molar-refractivity contribution in [1.29, 1.82) is 0 Å². The van der Waals surface area contributed by atoms with Gasteiger partial charge in [0.2, 0.25) is 0 Å². The predicted octanol–water partition coefficient (Wildman–Crippen LogP) is 11.9. The third kappa shape index (κ3) is 5.22. The van der Waals surface area contributed by atoms with Gasteiger partial charge in [-0.15, -0.1) is 11.8 Å². The molecule has 0 unspecified atom stereocenters. The number of para-hydroxylation sites is 2. The molecule has 0 aliphatic carbocycles. The first-order valence-corrected chi connectivity index (χ1v) is 18.1. The number of aromatic nitrogens is 4. The summed E-state index contributed by atoms with van der Waals surface area (Å²) in [7, 11) is 0. The Hall–Kier alpha value is -6.30. The van der Waals surface area contributed by atoms with Crippen LogP contribution in [0.2, 0.25) is 0 Å². The van der Waals surface area contributed by atoms with Crippen LogP contribution in [0, 0.1) is 0 Å². The minimum absolute atomic E-state index is 0.672. The largest absolute Gasteiger partial charge is 0.309 e. The van der Waals surface area contributed by atoms with E-state index in [1.54, 1.807) is 0 Å². The van der Waals surface area contributed by atoms with Crippen LogP contribution < -0.4 is 0 Å². The first-order valence-electron chi connectivity index (χ1n) is 17.1. The van der Waals surface area contributed by atoms with E-state index >= 15 is 0 Å². The molecule has 0 radical (unpaired) electrons. The summed E-state index contributed by atoms with van der Waals surface area (Å²) in [5.41, 5.74) is 12.9. The number of thioether (sulfide) groups is 1. The molecule has 9 aromatic rings. The molecule has 4 nitrogen and oxygen atoms in total. The van der Waals surface area contributed by atoms with Crippen LogP contribution in [-0.4, -0.2) is 19.5 Å². The Morgan fingerprint density at radius 2 is 0.961 bits per heavy atom. The Morgan fingerprint density at radius 1 is 0.412 bits per heavy atom. The van der Waals surface area contributed by atoms with E-state index in [1.165, 1.54) is 60.2 Å². The fraction of sp³-hybridized carbons (Fsp3) is 0.0217. The molecule has 1 aliphatic rings. The van der Waals surface area contributed by atoms with Gasteiger partial charge in [0, 0.05) is 43.8 Å². The maximum atomic E-state index is 4.96. The highest BCUT2D eigenvalue weighted by molar-refractivity contribution is 7.98. The number of nitrogens with zero attached hydrogens (tertiary/aromatic N) is 4. The van der Waals surface area contributed by atoms with Crippen LogP contribution in [0.1, 0.15) is 5.56 Å². The molecule has 7 aromatic carbocycles. The SMILES string of the molecule is c1ccc(-c2nc(-c3ccccc3)nc(-c3ccc4c(c3)SCc3cc(-c5ccc6c(c5)c5ccccc5n6-c5ccccc5)ccc3-4)n2)cc1. The van der Waals surface area contributed by atoms with Crippen molar-refractivity contribution in [2.24, 2.45) is 0 Å². The number of hydrogen-bond donors (Lipinski definition) is 0. The summed E-state index contributed by atoms with van der Waals surface area (Å²) in [5.74, 6) is 2.92. The van der Waals surface area contributed by atoms with Gasteiger partial charge in [-0.25, -0.2) is 15.0 Å². The molecule has 10 rings (SSSR count). The van der Waals surface area contributed by atoms with E-state index in [-0.39, 0.29) is 0 Å². The summed E-state index contributed by atoms with van der Waals surface area (Å²) in [6.45, 7) is 0. The standard InChI is InChI=1S/C46H30N4S/c1-4-12-30(13-5-1)44-47-45(31-14-6-2-7-15-31)49-46(48-44)34-21-24-39-37-23-20-32(26-35(37)29-51-43(39)28-34)33-22-25-42-40(27-33)38-18-10-11-19-41(38)50(42)36-16-8-3-9-17-36/h1-28H,29H2. The van der Waals surface area contributed by atoms with E-state index in [9.17, 15) is 0 Å². The maximum absolute atomic E-state index is 4.96. The van der Waals surface area contributed by atoms with Crippen LogP contribution in [0.4, 0.5) is 0 Å². The van der Waals surface area contributed by atoms with Gasteiger partial charge >= 0.3 is 0 Å². The zero-order chi connectivity index (χ0) is 33.7.